The molecule has 122 valence electrons. The lowest BCUT2D eigenvalue weighted by atomic mass is 9.79. The lowest BCUT2D eigenvalue weighted by molar-refractivity contribution is -0.117. The van der Waals surface area contributed by atoms with Gasteiger partial charge in [0.1, 0.15) is 12.1 Å². The predicted molar refractivity (Wildman–Crippen MR) is 93.5 cm³/mol. The summed E-state index contributed by atoms with van der Waals surface area (Å²) < 4.78 is 0. The van der Waals surface area contributed by atoms with Crippen LogP contribution in [0.25, 0.3) is 0 Å². The fourth-order valence-electron chi connectivity index (χ4n) is 2.51. The fourth-order valence-corrected chi connectivity index (χ4v) is 2.68. The van der Waals surface area contributed by atoms with Gasteiger partial charge >= 0.3 is 0 Å². The second-order valence-electron chi connectivity index (χ2n) is 6.26. The number of hydrogen-bond donors (Lipinski definition) is 2. The number of allylic oxidation sites excluding steroid dienone is 2. The molecule has 1 aromatic rings. The van der Waals surface area contributed by atoms with Crippen LogP contribution in [0.5, 0.6) is 0 Å². The second kappa shape index (κ2) is 7.16. The maximum Gasteiger partial charge on any atom is 0.237 e. The van der Waals surface area contributed by atoms with E-state index in [2.05, 4.69) is 15.8 Å². The number of nitrogens with zero attached hydrogens (tertiary/aromatic N) is 3. The third kappa shape index (κ3) is 4.58. The molecule has 0 saturated carbocycles. The molecule has 24 heavy (non-hydrogen) atoms. The molecular formula is C17H16ClN5O. The molecule has 0 spiro atoms. The van der Waals surface area contributed by atoms with E-state index in [1.54, 1.807) is 36.4 Å². The predicted octanol–water partition coefficient (Wildman–Crippen LogP) is 3.84. The highest BCUT2D eigenvalue weighted by molar-refractivity contribution is 6.31. The molecule has 1 aliphatic rings. The number of nitriles is 2. The number of rotatable bonds is 4. The monoisotopic (exact) mass is 341 g/mol. The summed E-state index contributed by atoms with van der Waals surface area (Å²) in [5, 5.41) is 24.9. The second-order valence-corrected chi connectivity index (χ2v) is 6.70. The zero-order chi connectivity index (χ0) is 17.7. The van der Waals surface area contributed by atoms with Crippen molar-refractivity contribution in [2.75, 3.05) is 10.7 Å². The molecule has 0 radical (unpaired) electrons. The maximum absolute atomic E-state index is 11.9. The molecule has 0 saturated heterocycles. The molecule has 2 rings (SSSR count). The number of carbonyl (C=O) groups is 1. The van der Waals surface area contributed by atoms with Crippen LogP contribution < -0.4 is 10.7 Å². The van der Waals surface area contributed by atoms with Gasteiger partial charge in [-0.1, -0.05) is 25.4 Å². The molecule has 0 amide bonds. The van der Waals surface area contributed by atoms with Crippen LogP contribution in [0.2, 0.25) is 5.02 Å². The van der Waals surface area contributed by atoms with Crippen LogP contribution in [-0.2, 0) is 4.79 Å². The first kappa shape index (κ1) is 17.5. The molecule has 7 heteroatoms. The summed E-state index contributed by atoms with van der Waals surface area (Å²) in [4.78, 5) is 11.9. The Morgan fingerprint density at radius 3 is 2.58 bits per heavy atom. The quantitative estimate of drug-likeness (QED) is 0.640. The van der Waals surface area contributed by atoms with E-state index < -0.39 is 0 Å². The number of ketones is 1. The zero-order valence-electron chi connectivity index (χ0n) is 13.4. The Morgan fingerprint density at radius 1 is 1.25 bits per heavy atom. The molecule has 0 heterocycles. The van der Waals surface area contributed by atoms with Crippen molar-refractivity contribution >= 4 is 34.5 Å². The van der Waals surface area contributed by atoms with Crippen molar-refractivity contribution in [3.05, 3.63) is 35.0 Å². The van der Waals surface area contributed by atoms with Crippen LogP contribution in [-0.4, -0.2) is 11.5 Å². The minimum Gasteiger partial charge on any atom is -0.357 e. The van der Waals surface area contributed by atoms with Gasteiger partial charge in [-0.2, -0.15) is 15.6 Å². The van der Waals surface area contributed by atoms with E-state index in [0.717, 1.165) is 12.1 Å². The average molecular weight is 342 g/mol. The molecule has 0 bridgehead atoms. The summed E-state index contributed by atoms with van der Waals surface area (Å²) in [6, 6.07) is 8.40. The van der Waals surface area contributed by atoms with Gasteiger partial charge in [0.05, 0.1) is 11.4 Å². The lowest BCUT2D eigenvalue weighted by Crippen LogP contribution is -2.24. The van der Waals surface area contributed by atoms with Gasteiger partial charge in [-0.05, 0) is 30.0 Å². The standard InChI is InChI=1S/C17H16ClN5O/c1-17(2)7-12(6-14(24)8-17)21-15-4-3-11(18)5-16(15)23-22-13(9-19)10-20/h3-6,21,23H,7-8H2,1-2H3. The first-order chi connectivity index (χ1) is 11.3. The van der Waals surface area contributed by atoms with Crippen LogP contribution in [0.3, 0.4) is 0 Å². The van der Waals surface area contributed by atoms with Gasteiger partial charge < -0.3 is 5.32 Å². The van der Waals surface area contributed by atoms with E-state index in [4.69, 9.17) is 22.1 Å². The Hall–Kier alpha value is -2.83. The van der Waals surface area contributed by atoms with Gasteiger partial charge in [0, 0.05) is 23.2 Å². The molecule has 1 aromatic carbocycles. The Kier molecular flexibility index (Phi) is 5.23. The van der Waals surface area contributed by atoms with E-state index >= 15 is 0 Å². The van der Waals surface area contributed by atoms with Crippen LogP contribution in [0.1, 0.15) is 26.7 Å². The number of halogens is 1. The Labute approximate surface area is 145 Å². The fraction of sp³-hybridized carbons (Fsp3) is 0.294. The van der Waals surface area contributed by atoms with Crippen LogP contribution in [0, 0.1) is 28.1 Å². The normalized spacial score (nSPS) is 15.5. The van der Waals surface area contributed by atoms with Crippen molar-refractivity contribution in [3.8, 4) is 12.1 Å². The lowest BCUT2D eigenvalue weighted by Gasteiger charge is -2.29. The topological polar surface area (TPSA) is 101 Å². The smallest absolute Gasteiger partial charge is 0.237 e. The molecular weight excluding hydrogens is 326 g/mol. The number of hydrazone groups is 1. The molecule has 1 aliphatic carbocycles. The van der Waals surface area contributed by atoms with E-state index in [-0.39, 0.29) is 16.9 Å². The summed E-state index contributed by atoms with van der Waals surface area (Å²) in [7, 11) is 0. The van der Waals surface area contributed by atoms with Gasteiger partial charge in [-0.25, -0.2) is 0 Å². The van der Waals surface area contributed by atoms with Crippen molar-refractivity contribution in [1.29, 1.82) is 10.5 Å². The van der Waals surface area contributed by atoms with E-state index in [9.17, 15) is 4.79 Å². The van der Waals surface area contributed by atoms with Crippen LogP contribution in [0.4, 0.5) is 11.4 Å². The number of hydrogen-bond acceptors (Lipinski definition) is 6. The Morgan fingerprint density at radius 2 is 1.96 bits per heavy atom. The largest absolute Gasteiger partial charge is 0.357 e. The Bertz CT molecular complexity index is 795. The minimum absolute atomic E-state index is 0.0755. The molecule has 0 fully saturated rings. The first-order valence-electron chi connectivity index (χ1n) is 7.27. The SMILES string of the molecule is CC1(C)CC(=O)C=C(Nc2ccc(Cl)cc2NN=C(C#N)C#N)C1. The van der Waals surface area contributed by atoms with E-state index in [1.807, 2.05) is 13.8 Å². The summed E-state index contributed by atoms with van der Waals surface area (Å²) in [5.41, 5.74) is 4.20. The van der Waals surface area contributed by atoms with Gasteiger partial charge in [0.25, 0.3) is 0 Å². The molecule has 6 nitrogen and oxygen atoms in total. The zero-order valence-corrected chi connectivity index (χ0v) is 14.1. The van der Waals surface area contributed by atoms with E-state index in [0.29, 0.717) is 22.8 Å². The van der Waals surface area contributed by atoms with Crippen molar-refractivity contribution in [2.45, 2.75) is 26.7 Å². The van der Waals surface area contributed by atoms with Gasteiger partial charge in [0.2, 0.25) is 5.71 Å². The number of carbonyl (C=O) groups excluding carboxylic acids is 1. The number of anilines is 2. The molecule has 2 N–H and O–H groups in total. The highest BCUT2D eigenvalue weighted by atomic mass is 35.5. The van der Waals surface area contributed by atoms with Crippen molar-refractivity contribution in [3.63, 3.8) is 0 Å². The minimum atomic E-state index is -0.297. The third-order valence-electron chi connectivity index (χ3n) is 3.43. The molecule has 0 aliphatic heterocycles. The summed E-state index contributed by atoms with van der Waals surface area (Å²) >= 11 is 6.00. The molecule has 0 atom stereocenters. The number of nitrogens with one attached hydrogen (secondary N) is 2. The number of benzene rings is 1. The Balaban J connectivity index is 2.28. The van der Waals surface area contributed by atoms with Crippen molar-refractivity contribution in [2.24, 2.45) is 10.5 Å². The van der Waals surface area contributed by atoms with Crippen molar-refractivity contribution in [1.82, 2.24) is 0 Å². The summed E-state index contributed by atoms with van der Waals surface area (Å²) in [5.74, 6) is 0.0755. The van der Waals surface area contributed by atoms with Gasteiger partial charge in [0.15, 0.2) is 5.78 Å². The van der Waals surface area contributed by atoms with Gasteiger partial charge in [-0.15, -0.1) is 0 Å². The summed E-state index contributed by atoms with van der Waals surface area (Å²) in [6.45, 7) is 4.08. The first-order valence-corrected chi connectivity index (χ1v) is 7.65. The van der Waals surface area contributed by atoms with Crippen LogP contribution >= 0.6 is 11.6 Å². The van der Waals surface area contributed by atoms with Crippen molar-refractivity contribution < 1.29 is 4.79 Å². The highest BCUT2D eigenvalue weighted by Gasteiger charge is 2.27. The van der Waals surface area contributed by atoms with E-state index in [1.165, 1.54) is 0 Å². The summed E-state index contributed by atoms with van der Waals surface area (Å²) in [6.07, 6.45) is 2.84. The third-order valence-corrected chi connectivity index (χ3v) is 3.67. The highest BCUT2D eigenvalue weighted by Crippen LogP contribution is 2.35. The maximum atomic E-state index is 11.9. The van der Waals surface area contributed by atoms with Crippen LogP contribution in [0.15, 0.2) is 35.1 Å². The average Bonchev–Trinajstić information content (AvgIpc) is 2.48. The molecule has 0 aromatic heterocycles. The van der Waals surface area contributed by atoms with Gasteiger partial charge in [-0.3, -0.25) is 10.2 Å². The molecule has 0 unspecified atom stereocenters.